The Morgan fingerprint density at radius 1 is 1.09 bits per heavy atom. The molecule has 4 atom stereocenters. The van der Waals surface area contributed by atoms with Crippen LogP contribution in [0.3, 0.4) is 0 Å². The highest BCUT2D eigenvalue weighted by atomic mass is 35.5. The van der Waals surface area contributed by atoms with Crippen LogP contribution in [0, 0.1) is 29.4 Å². The van der Waals surface area contributed by atoms with Crippen molar-refractivity contribution in [2.24, 2.45) is 13.0 Å². The first-order valence-corrected chi connectivity index (χ1v) is 20.0. The summed E-state index contributed by atoms with van der Waals surface area (Å²) in [4.78, 5) is 18.7. The molecule has 1 N–H and O–H groups in total. The predicted molar refractivity (Wildman–Crippen MR) is 195 cm³/mol. The number of aromatic nitrogens is 5. The topological polar surface area (TPSA) is 120 Å². The number of aryl methyl sites for hydroxylation is 1. The maximum Gasteiger partial charge on any atom is 0.293 e. The highest BCUT2D eigenvalue weighted by molar-refractivity contribution is 7.89. The van der Waals surface area contributed by atoms with Crippen LogP contribution in [0.5, 0.6) is 0 Å². The number of aliphatic hydroxyl groups is 1. The lowest BCUT2D eigenvalue weighted by Gasteiger charge is -2.22. The molecule has 1 fully saturated rings. The Hall–Kier alpha value is -4.79. The molecule has 2 aliphatic carbocycles. The number of carbonyl (C=O) groups excluding carboxylic acids is 1. The summed E-state index contributed by atoms with van der Waals surface area (Å²) in [6, 6.07) is 8.76. The van der Waals surface area contributed by atoms with E-state index in [9.17, 15) is 40.3 Å². The molecule has 0 bridgehead atoms. The van der Waals surface area contributed by atoms with Crippen molar-refractivity contribution in [2.75, 3.05) is 12.9 Å². The van der Waals surface area contributed by atoms with Crippen molar-refractivity contribution >= 4 is 38.1 Å². The Bertz CT molecular complexity index is 2610. The van der Waals surface area contributed by atoms with Gasteiger partial charge in [-0.2, -0.15) is 19.0 Å². The van der Waals surface area contributed by atoms with Crippen molar-refractivity contribution in [2.45, 2.75) is 68.3 Å². The molecule has 9 nitrogen and oxygen atoms in total. The molecule has 3 heterocycles. The molecule has 18 heteroatoms. The standard InChI is InChI=1S/C39H33ClF7N5O4S/c1-38(54,18-41)9-8-23-4-5-25(26-6-7-29(40)32-30(17-57(3,55)56)49-51(2)35(26)32)33(48-23)20(10-19-11-21(42)14-22(43)12-19)13-24(53)16-52-36-31(34(50-52)37(44)45)27-15-28(27)39(36,46)47/h4-7,11-12,14,20,27-28,37,54H,10,13,15-18H2,1-3H3/t20-,27+,28-,38?/m1/s1. The van der Waals surface area contributed by atoms with E-state index in [-0.39, 0.29) is 57.0 Å². The molecule has 0 aliphatic heterocycles. The average molecular weight is 836 g/mol. The molecular formula is C39H33ClF7N5O4S. The van der Waals surface area contributed by atoms with Gasteiger partial charge in [0.25, 0.3) is 12.3 Å². The largest absolute Gasteiger partial charge is 0.375 e. The summed E-state index contributed by atoms with van der Waals surface area (Å²) >= 11 is 6.60. The first kappa shape index (κ1) is 40.4. The van der Waals surface area contributed by atoms with E-state index >= 15 is 8.78 Å². The van der Waals surface area contributed by atoms with Gasteiger partial charge in [-0.05, 0) is 67.5 Å². The van der Waals surface area contributed by atoms with Gasteiger partial charge in [0.1, 0.15) is 41.9 Å². The smallest absolute Gasteiger partial charge is 0.293 e. The van der Waals surface area contributed by atoms with E-state index in [1.807, 2.05) is 0 Å². The highest BCUT2D eigenvalue weighted by Crippen LogP contribution is 2.68. The van der Waals surface area contributed by atoms with Crippen molar-refractivity contribution in [3.05, 3.63) is 98.7 Å². The van der Waals surface area contributed by atoms with Gasteiger partial charge in [0.05, 0.1) is 27.7 Å². The van der Waals surface area contributed by atoms with Gasteiger partial charge in [0.15, 0.2) is 21.2 Å². The molecular weight excluding hydrogens is 803 g/mol. The lowest BCUT2D eigenvalue weighted by Crippen LogP contribution is -2.24. The Labute approximate surface area is 326 Å². The van der Waals surface area contributed by atoms with Crippen molar-refractivity contribution in [1.82, 2.24) is 24.5 Å². The number of fused-ring (bicyclic) bond motifs is 4. The second-order valence-electron chi connectivity index (χ2n) is 14.8. The minimum Gasteiger partial charge on any atom is -0.375 e. The summed E-state index contributed by atoms with van der Waals surface area (Å²) in [5.74, 6) is -4.71. The zero-order chi connectivity index (χ0) is 41.4. The summed E-state index contributed by atoms with van der Waals surface area (Å²) in [7, 11) is -2.05. The maximum absolute atomic E-state index is 15.4. The molecule has 300 valence electrons. The third-order valence-electron chi connectivity index (χ3n) is 10.1. The normalized spacial score (nSPS) is 18.5. The monoisotopic (exact) mass is 835 g/mol. The fourth-order valence-electron chi connectivity index (χ4n) is 7.70. The van der Waals surface area contributed by atoms with Crippen molar-refractivity contribution in [3.63, 3.8) is 0 Å². The number of benzene rings is 2. The number of ketones is 1. The summed E-state index contributed by atoms with van der Waals surface area (Å²) in [6.07, 6.45) is -2.95. The Morgan fingerprint density at radius 2 is 1.77 bits per heavy atom. The van der Waals surface area contributed by atoms with Crippen LogP contribution in [-0.4, -0.2) is 62.4 Å². The number of sulfone groups is 1. The molecule has 0 radical (unpaired) electrons. The van der Waals surface area contributed by atoms with Crippen molar-refractivity contribution in [3.8, 4) is 23.0 Å². The van der Waals surface area contributed by atoms with E-state index in [0.29, 0.717) is 21.8 Å². The Balaban J connectivity index is 1.39. The third kappa shape index (κ3) is 7.91. The first-order chi connectivity index (χ1) is 26.7. The van der Waals surface area contributed by atoms with Crippen molar-refractivity contribution in [1.29, 1.82) is 0 Å². The van der Waals surface area contributed by atoms with E-state index in [4.69, 9.17) is 11.6 Å². The van der Waals surface area contributed by atoms with Crippen LogP contribution in [0.1, 0.15) is 77.6 Å². The molecule has 2 aliphatic rings. The molecule has 7 rings (SSSR count). The SMILES string of the molecule is Cn1nc(CS(C)(=O)=O)c2c(Cl)ccc(-c3ccc(C#CC(C)(O)CF)nc3[C@@H](CC(=O)Cn3nc(C(F)F)c4c3C(F)(F)[C@@H]3C[C@H]43)Cc3cc(F)cc(F)c3)c21. The van der Waals surface area contributed by atoms with Gasteiger partial charge in [0, 0.05) is 59.7 Å². The average Bonchev–Trinajstić information content (AvgIpc) is 3.65. The summed E-state index contributed by atoms with van der Waals surface area (Å²) in [5.41, 5.74) is -2.62. The molecule has 0 amide bonds. The number of rotatable bonds is 12. The van der Waals surface area contributed by atoms with Gasteiger partial charge < -0.3 is 5.11 Å². The molecule has 0 spiro atoms. The Morgan fingerprint density at radius 3 is 2.42 bits per heavy atom. The maximum atomic E-state index is 15.4. The molecule has 3 aromatic heterocycles. The lowest BCUT2D eigenvalue weighted by atomic mass is 9.86. The van der Waals surface area contributed by atoms with E-state index in [1.165, 1.54) is 22.9 Å². The van der Waals surface area contributed by atoms with Gasteiger partial charge in [-0.3, -0.25) is 14.2 Å². The van der Waals surface area contributed by atoms with Gasteiger partial charge in [0.2, 0.25) is 0 Å². The fraction of sp³-hybridized carbons (Fsp3) is 0.385. The van der Waals surface area contributed by atoms with Crippen LogP contribution in [0.2, 0.25) is 5.02 Å². The second-order valence-corrected chi connectivity index (χ2v) is 17.4. The van der Waals surface area contributed by atoms with Crippen molar-refractivity contribution < 1.29 is 49.1 Å². The molecule has 2 aromatic carbocycles. The molecule has 0 saturated heterocycles. The third-order valence-corrected chi connectivity index (χ3v) is 11.2. The number of hydrogen-bond acceptors (Lipinski definition) is 7. The summed E-state index contributed by atoms with van der Waals surface area (Å²) in [6.45, 7) is -0.931. The zero-order valence-corrected chi connectivity index (χ0v) is 32.0. The lowest BCUT2D eigenvalue weighted by molar-refractivity contribution is -0.120. The number of alkyl halides is 5. The van der Waals surface area contributed by atoms with E-state index in [1.54, 1.807) is 13.1 Å². The number of halogens is 8. The Kier molecular flexibility index (Phi) is 10.3. The van der Waals surface area contributed by atoms with Crippen LogP contribution in [0.25, 0.3) is 22.0 Å². The highest BCUT2D eigenvalue weighted by Gasteiger charge is 2.67. The van der Waals surface area contributed by atoms with Gasteiger partial charge >= 0.3 is 0 Å². The van der Waals surface area contributed by atoms with Crippen LogP contribution < -0.4 is 0 Å². The van der Waals surface area contributed by atoms with Crippen LogP contribution in [0.15, 0.2) is 42.5 Å². The summed E-state index contributed by atoms with van der Waals surface area (Å²) < 4.78 is 128. The van der Waals surface area contributed by atoms with E-state index < -0.39 is 99.7 Å². The predicted octanol–water partition coefficient (Wildman–Crippen LogP) is 7.51. The second kappa shape index (κ2) is 14.5. The number of nitrogens with zero attached hydrogens (tertiary/aromatic N) is 5. The van der Waals surface area contributed by atoms with Crippen LogP contribution in [-0.2, 0) is 46.3 Å². The minimum absolute atomic E-state index is 0.0183. The quantitative estimate of drug-likeness (QED) is 0.102. The number of carbonyl (C=O) groups is 1. The van der Waals surface area contributed by atoms with Gasteiger partial charge in [-0.15, -0.1) is 0 Å². The fourth-order valence-corrected chi connectivity index (χ4v) is 8.66. The van der Waals surface area contributed by atoms with Crippen LogP contribution in [0.4, 0.5) is 30.7 Å². The zero-order valence-electron chi connectivity index (χ0n) is 30.4. The first-order valence-electron chi connectivity index (χ1n) is 17.6. The number of hydrogen-bond donors (Lipinski definition) is 1. The van der Waals surface area contributed by atoms with Gasteiger partial charge in [-0.25, -0.2) is 35.4 Å². The van der Waals surface area contributed by atoms with Crippen LogP contribution >= 0.6 is 11.6 Å². The van der Waals surface area contributed by atoms with E-state index in [2.05, 4.69) is 27.0 Å². The van der Waals surface area contributed by atoms with E-state index in [0.717, 1.165) is 25.3 Å². The molecule has 57 heavy (non-hydrogen) atoms. The number of pyridine rings is 1. The minimum atomic E-state index is -3.60. The summed E-state index contributed by atoms with van der Waals surface area (Å²) in [5, 5.41) is 18.9. The molecule has 1 saturated carbocycles. The van der Waals surface area contributed by atoms with Gasteiger partial charge in [-0.1, -0.05) is 23.6 Å². The molecule has 1 unspecified atom stereocenters. The number of Topliss-reactive ketones (excluding diaryl/α,β-unsaturated/α-hetero) is 1. The molecule has 5 aromatic rings.